The van der Waals surface area contributed by atoms with Crippen LogP contribution in [0, 0.1) is 5.92 Å². The van der Waals surface area contributed by atoms with Crippen LogP contribution in [0.25, 0.3) is 0 Å². The molecule has 0 spiro atoms. The number of benzene rings is 2. The first kappa shape index (κ1) is 28.2. The van der Waals surface area contributed by atoms with Gasteiger partial charge in [0.05, 0.1) is 48.7 Å². The summed E-state index contributed by atoms with van der Waals surface area (Å²) in [6, 6.07) is 4.03. The third-order valence-electron chi connectivity index (χ3n) is 7.98. The minimum Gasteiger partial charge on any atom is -0.507 e. The van der Waals surface area contributed by atoms with Crippen LogP contribution < -0.4 is 15.2 Å². The van der Waals surface area contributed by atoms with Gasteiger partial charge in [-0.15, -0.1) is 0 Å². The van der Waals surface area contributed by atoms with Gasteiger partial charge in [0.25, 0.3) is 0 Å². The Morgan fingerprint density at radius 3 is 2.55 bits per heavy atom. The Balaban J connectivity index is 1.70. The number of methoxy groups -OCH3 is 1. The number of Topliss-reactive ketones (excluding diaryl/α,β-unsaturated/α-hetero) is 1. The highest BCUT2D eigenvalue weighted by Crippen LogP contribution is 2.52. The summed E-state index contributed by atoms with van der Waals surface area (Å²) >= 11 is 0. The summed E-state index contributed by atoms with van der Waals surface area (Å²) in [7, 11) is 1.39. The fourth-order valence-corrected chi connectivity index (χ4v) is 6.02. The predicted molar refractivity (Wildman–Crippen MR) is 140 cm³/mol. The predicted octanol–water partition coefficient (Wildman–Crippen LogP) is 1.58. The zero-order chi connectivity index (χ0) is 28.9. The molecule has 1 aliphatic heterocycles. The number of ketones is 3. The second kappa shape index (κ2) is 10.9. The van der Waals surface area contributed by atoms with Crippen molar-refractivity contribution in [2.75, 3.05) is 20.3 Å². The number of carbonyl (C=O) groups is 3. The summed E-state index contributed by atoms with van der Waals surface area (Å²) in [4.78, 5) is 40.4. The number of phenols is 1. The molecule has 5 N–H and O–H groups in total. The summed E-state index contributed by atoms with van der Waals surface area (Å²) in [6.45, 7) is 2.81. The van der Waals surface area contributed by atoms with E-state index < -0.39 is 66.3 Å². The van der Waals surface area contributed by atoms with Crippen molar-refractivity contribution in [2.24, 2.45) is 11.7 Å². The van der Waals surface area contributed by atoms with Gasteiger partial charge in [0.1, 0.15) is 23.9 Å². The van der Waals surface area contributed by atoms with E-state index in [-0.39, 0.29) is 65.2 Å². The first-order valence-corrected chi connectivity index (χ1v) is 13.3. The number of phenolic OH excluding ortho intramolecular Hbond substituents is 1. The lowest BCUT2D eigenvalue weighted by Gasteiger charge is -2.40. The van der Waals surface area contributed by atoms with Gasteiger partial charge in [-0.2, -0.15) is 0 Å². The number of carbonyl (C=O) groups excluding carboxylic acids is 3. The van der Waals surface area contributed by atoms with Gasteiger partial charge in [0.2, 0.25) is 5.78 Å². The van der Waals surface area contributed by atoms with Crippen LogP contribution in [0.2, 0.25) is 0 Å². The van der Waals surface area contributed by atoms with Crippen molar-refractivity contribution in [3.8, 4) is 17.2 Å². The Morgan fingerprint density at radius 2 is 1.90 bits per heavy atom. The van der Waals surface area contributed by atoms with Crippen LogP contribution >= 0.6 is 0 Å². The third kappa shape index (κ3) is 4.47. The fraction of sp³-hybridized carbons (Fsp3) is 0.483. The minimum atomic E-state index is -0.977. The largest absolute Gasteiger partial charge is 0.507 e. The van der Waals surface area contributed by atoms with E-state index in [1.807, 2.05) is 0 Å². The SMILES string of the molecule is CCOc1c2c(c(O)c3c1C(=O)c1cccc(OC)c1C3=O)[C@@H](O[C@H]1C[C@H](N)[C@@H](O)[C@H](C)O1)C[C@H](C(=O)CO)C2. The summed E-state index contributed by atoms with van der Waals surface area (Å²) in [5.74, 6) is -2.47. The third-order valence-corrected chi connectivity index (χ3v) is 7.98. The van der Waals surface area contributed by atoms with Crippen LogP contribution in [0.5, 0.6) is 17.2 Å². The first-order chi connectivity index (χ1) is 19.1. The lowest BCUT2D eigenvalue weighted by molar-refractivity contribution is -0.243. The van der Waals surface area contributed by atoms with E-state index in [9.17, 15) is 29.7 Å². The highest BCUT2D eigenvalue weighted by atomic mass is 16.7. The molecule has 0 bridgehead atoms. The van der Waals surface area contributed by atoms with Gasteiger partial charge in [-0.05, 0) is 32.8 Å². The molecule has 2 aliphatic carbocycles. The molecule has 3 aliphatic rings. The molecule has 0 unspecified atom stereocenters. The van der Waals surface area contributed by atoms with Crippen molar-refractivity contribution < 1.29 is 48.7 Å². The van der Waals surface area contributed by atoms with E-state index in [4.69, 9.17) is 24.7 Å². The summed E-state index contributed by atoms with van der Waals surface area (Å²) < 4.78 is 23.4. The molecule has 2 aromatic carbocycles. The molecule has 2 aromatic rings. The van der Waals surface area contributed by atoms with Crippen molar-refractivity contribution in [3.63, 3.8) is 0 Å². The Kier molecular flexibility index (Phi) is 7.68. The van der Waals surface area contributed by atoms with E-state index in [0.29, 0.717) is 5.56 Å². The van der Waals surface area contributed by atoms with Crippen molar-refractivity contribution >= 4 is 17.3 Å². The molecule has 0 amide bonds. The number of nitrogens with two attached hydrogens (primary N) is 1. The molecule has 1 saturated heterocycles. The number of ether oxygens (including phenoxy) is 4. The van der Waals surface area contributed by atoms with E-state index in [1.165, 1.54) is 13.2 Å². The fourth-order valence-electron chi connectivity index (χ4n) is 6.02. The second-order valence-corrected chi connectivity index (χ2v) is 10.3. The number of aliphatic hydroxyl groups excluding tert-OH is 2. The summed E-state index contributed by atoms with van der Waals surface area (Å²) in [5, 5.41) is 31.5. The number of fused-ring (bicyclic) bond motifs is 3. The molecule has 1 heterocycles. The van der Waals surface area contributed by atoms with Gasteiger partial charge in [0.15, 0.2) is 17.9 Å². The topological polar surface area (TPSA) is 175 Å². The Morgan fingerprint density at radius 1 is 1.15 bits per heavy atom. The van der Waals surface area contributed by atoms with Gasteiger partial charge < -0.3 is 40.0 Å². The zero-order valence-electron chi connectivity index (χ0n) is 22.5. The highest BCUT2D eigenvalue weighted by molar-refractivity contribution is 6.31. The molecular weight excluding hydrogens is 522 g/mol. The molecule has 11 nitrogen and oxygen atoms in total. The number of rotatable bonds is 7. The quantitative estimate of drug-likeness (QED) is 0.333. The van der Waals surface area contributed by atoms with Gasteiger partial charge in [0, 0.05) is 35.1 Å². The Bertz CT molecular complexity index is 1360. The molecule has 40 heavy (non-hydrogen) atoms. The molecule has 0 saturated carbocycles. The van der Waals surface area contributed by atoms with E-state index >= 15 is 0 Å². The normalized spacial score (nSPS) is 27.4. The number of hydrogen-bond acceptors (Lipinski definition) is 11. The lowest BCUT2D eigenvalue weighted by atomic mass is 9.73. The molecule has 214 valence electrons. The maximum Gasteiger partial charge on any atom is 0.202 e. The molecule has 5 rings (SSSR count). The lowest BCUT2D eigenvalue weighted by Crippen LogP contribution is -2.52. The van der Waals surface area contributed by atoms with Crippen LogP contribution in [-0.4, -0.2) is 77.5 Å². The molecule has 6 atom stereocenters. The van der Waals surface area contributed by atoms with Crippen LogP contribution in [0.15, 0.2) is 18.2 Å². The van der Waals surface area contributed by atoms with Gasteiger partial charge in [-0.25, -0.2) is 0 Å². The molecular formula is C29H33NO10. The number of hydrogen-bond donors (Lipinski definition) is 4. The van der Waals surface area contributed by atoms with Crippen molar-refractivity contribution in [2.45, 2.75) is 63.8 Å². The van der Waals surface area contributed by atoms with Crippen molar-refractivity contribution in [3.05, 3.63) is 51.6 Å². The van der Waals surface area contributed by atoms with Crippen LogP contribution in [0.3, 0.4) is 0 Å². The standard InChI is InChI=1S/C29H33NO10/c1-4-38-29-15-8-13(17(32)11-31)9-19(40-20-10-16(30)25(33)12(2)39-20)22(15)28(36)23-24(29)26(34)14-6-5-7-18(37-3)21(14)27(23)35/h5-7,12-13,16,19-20,25,31,33,36H,4,8-11,30H2,1-3H3/t12-,13+,16-,19-,20-,25-/m0/s1. The molecule has 1 fully saturated rings. The number of aromatic hydroxyl groups is 1. The molecule has 0 aromatic heterocycles. The zero-order valence-corrected chi connectivity index (χ0v) is 22.5. The van der Waals surface area contributed by atoms with Gasteiger partial charge >= 0.3 is 0 Å². The van der Waals surface area contributed by atoms with Gasteiger partial charge in [-0.3, -0.25) is 14.4 Å². The summed E-state index contributed by atoms with van der Waals surface area (Å²) in [6.07, 6.45) is -3.14. The van der Waals surface area contributed by atoms with E-state index in [2.05, 4.69) is 0 Å². The van der Waals surface area contributed by atoms with Crippen LogP contribution in [0.1, 0.15) is 75.8 Å². The summed E-state index contributed by atoms with van der Waals surface area (Å²) in [5.41, 5.74) is 6.47. The maximum absolute atomic E-state index is 13.9. The average Bonchev–Trinajstić information content (AvgIpc) is 2.94. The molecule has 0 radical (unpaired) electrons. The van der Waals surface area contributed by atoms with Gasteiger partial charge in [-0.1, -0.05) is 12.1 Å². The van der Waals surface area contributed by atoms with Crippen molar-refractivity contribution in [1.29, 1.82) is 0 Å². The Hall–Kier alpha value is -3.35. The second-order valence-electron chi connectivity index (χ2n) is 10.3. The highest BCUT2D eigenvalue weighted by Gasteiger charge is 2.45. The Labute approximate surface area is 230 Å². The smallest absolute Gasteiger partial charge is 0.202 e. The molecule has 11 heteroatoms. The van der Waals surface area contributed by atoms with E-state index in [0.717, 1.165) is 0 Å². The van der Waals surface area contributed by atoms with E-state index in [1.54, 1.807) is 26.0 Å². The average molecular weight is 556 g/mol. The van der Waals surface area contributed by atoms with Crippen molar-refractivity contribution in [1.82, 2.24) is 0 Å². The van der Waals surface area contributed by atoms with Crippen LogP contribution in [-0.2, 0) is 20.7 Å². The first-order valence-electron chi connectivity index (χ1n) is 13.3. The van der Waals surface area contributed by atoms with Crippen LogP contribution in [0.4, 0.5) is 0 Å². The number of aliphatic hydroxyl groups is 2. The maximum atomic E-state index is 13.9. The monoisotopic (exact) mass is 555 g/mol. The minimum absolute atomic E-state index is 0.0335.